The summed E-state index contributed by atoms with van der Waals surface area (Å²) in [5, 5.41) is 3.29. The van der Waals surface area contributed by atoms with E-state index in [9.17, 15) is 9.59 Å². The first-order valence-corrected chi connectivity index (χ1v) is 7.43. The van der Waals surface area contributed by atoms with Gasteiger partial charge in [0, 0.05) is 17.0 Å². The van der Waals surface area contributed by atoms with Crippen LogP contribution in [0, 0.1) is 13.8 Å². The first kappa shape index (κ1) is 18.3. The number of nitrogens with zero attached hydrogens (tertiary/aromatic N) is 1. The van der Waals surface area contributed by atoms with E-state index < -0.39 is 5.91 Å². The Morgan fingerprint density at radius 3 is 2.50 bits per heavy atom. The van der Waals surface area contributed by atoms with E-state index >= 15 is 0 Å². The van der Waals surface area contributed by atoms with E-state index in [1.807, 2.05) is 42.9 Å². The van der Waals surface area contributed by atoms with Gasteiger partial charge in [-0.15, -0.1) is 11.3 Å². The fourth-order valence-corrected chi connectivity index (χ4v) is 2.82. The molecule has 3 N–H and O–H groups in total. The number of nitrogens with one attached hydrogen (secondary N) is 1. The van der Waals surface area contributed by atoms with E-state index in [2.05, 4.69) is 5.32 Å². The number of anilines is 1. The summed E-state index contributed by atoms with van der Waals surface area (Å²) in [4.78, 5) is 24.2. The number of hydrogen-bond donors (Lipinski definition) is 2. The van der Waals surface area contributed by atoms with Crippen LogP contribution in [0.2, 0.25) is 0 Å². The maximum Gasteiger partial charge on any atom is 0.251 e. The predicted molar refractivity (Wildman–Crippen MR) is 82.2 cm³/mol. The number of halogens is 1. The standard InChI is InChI=1S/C15H17N3O2S.BrH/c1-10-3-6-18(7-4-10)8-5-13(19)17-15-12(14(16)20)9-11(2)21-15;/h3-4,6-7,9H,5,8H2,1-2H3,(H2-,16,17,19,20);1H. The molecule has 0 aliphatic rings. The molecule has 2 rings (SSSR count). The number of aromatic nitrogens is 1. The molecule has 2 aromatic rings. The Kier molecular flexibility index (Phi) is 6.70. The van der Waals surface area contributed by atoms with Crippen LogP contribution in [0.1, 0.15) is 27.2 Å². The highest BCUT2D eigenvalue weighted by Crippen LogP contribution is 2.27. The number of aryl methyl sites for hydroxylation is 3. The molecule has 0 bridgehead atoms. The van der Waals surface area contributed by atoms with Crippen molar-refractivity contribution < 1.29 is 31.1 Å². The lowest BCUT2D eigenvalue weighted by Crippen LogP contribution is -3.00. The van der Waals surface area contributed by atoms with Crippen molar-refractivity contribution in [3.63, 3.8) is 0 Å². The number of pyridine rings is 1. The van der Waals surface area contributed by atoms with Gasteiger partial charge in [0.15, 0.2) is 18.9 Å². The second kappa shape index (κ2) is 8.05. The van der Waals surface area contributed by atoms with E-state index in [4.69, 9.17) is 5.73 Å². The first-order valence-electron chi connectivity index (χ1n) is 6.61. The van der Waals surface area contributed by atoms with Gasteiger partial charge in [-0.3, -0.25) is 9.59 Å². The van der Waals surface area contributed by atoms with Crippen LogP contribution in [0.15, 0.2) is 30.6 Å². The van der Waals surface area contributed by atoms with Crippen molar-refractivity contribution in [3.05, 3.63) is 46.6 Å². The van der Waals surface area contributed by atoms with Gasteiger partial charge in [-0.1, -0.05) is 0 Å². The molecule has 2 heterocycles. The maximum atomic E-state index is 12.0. The van der Waals surface area contributed by atoms with Gasteiger partial charge < -0.3 is 28.0 Å². The smallest absolute Gasteiger partial charge is 0.251 e. The molecule has 0 spiro atoms. The van der Waals surface area contributed by atoms with Crippen molar-refractivity contribution in [1.29, 1.82) is 0 Å². The SMILES string of the molecule is Cc1cc[n+](CCC(=O)Nc2sc(C)cc2C(N)=O)cc1.[Br-]. The highest BCUT2D eigenvalue weighted by molar-refractivity contribution is 7.16. The van der Waals surface area contributed by atoms with Gasteiger partial charge in [-0.25, -0.2) is 4.57 Å². The molecule has 0 radical (unpaired) electrons. The summed E-state index contributed by atoms with van der Waals surface area (Å²) in [5.41, 5.74) is 6.84. The normalized spacial score (nSPS) is 9.91. The zero-order valence-electron chi connectivity index (χ0n) is 12.4. The minimum absolute atomic E-state index is 0. The third-order valence-corrected chi connectivity index (χ3v) is 3.99. The van der Waals surface area contributed by atoms with Gasteiger partial charge in [0.2, 0.25) is 5.91 Å². The van der Waals surface area contributed by atoms with Crippen molar-refractivity contribution in [2.45, 2.75) is 26.8 Å². The molecule has 7 heteroatoms. The number of thiophene rings is 1. The predicted octanol–water partition coefficient (Wildman–Crippen LogP) is -1.22. The third kappa shape index (κ3) is 4.92. The minimum atomic E-state index is -0.525. The van der Waals surface area contributed by atoms with Crippen molar-refractivity contribution in [3.8, 4) is 0 Å². The molecule has 0 atom stereocenters. The lowest BCUT2D eigenvalue weighted by molar-refractivity contribution is -0.695. The maximum absolute atomic E-state index is 12.0. The summed E-state index contributed by atoms with van der Waals surface area (Å²) < 4.78 is 1.95. The summed E-state index contributed by atoms with van der Waals surface area (Å²) in [6, 6.07) is 5.68. The third-order valence-electron chi connectivity index (χ3n) is 3.03. The molecule has 0 aliphatic heterocycles. The van der Waals surface area contributed by atoms with Crippen LogP contribution in [0.5, 0.6) is 0 Å². The Labute approximate surface area is 143 Å². The highest BCUT2D eigenvalue weighted by Gasteiger charge is 2.15. The molecule has 22 heavy (non-hydrogen) atoms. The Bertz CT molecular complexity index is 668. The largest absolute Gasteiger partial charge is 1.00 e. The summed E-state index contributed by atoms with van der Waals surface area (Å²) >= 11 is 1.36. The number of nitrogens with two attached hydrogens (primary N) is 1. The molecule has 2 amide bonds. The lowest BCUT2D eigenvalue weighted by atomic mass is 10.2. The highest BCUT2D eigenvalue weighted by atomic mass is 79.9. The van der Waals surface area contributed by atoms with Crippen LogP contribution < -0.4 is 32.6 Å². The minimum Gasteiger partial charge on any atom is -1.00 e. The number of primary amides is 1. The van der Waals surface area contributed by atoms with Gasteiger partial charge >= 0.3 is 0 Å². The fraction of sp³-hybridized carbons (Fsp3) is 0.267. The van der Waals surface area contributed by atoms with E-state index in [0.717, 1.165) is 4.88 Å². The summed E-state index contributed by atoms with van der Waals surface area (Å²) in [6.07, 6.45) is 4.21. The first-order chi connectivity index (χ1) is 9.95. The summed E-state index contributed by atoms with van der Waals surface area (Å²) in [6.45, 7) is 4.47. The molecule has 0 saturated heterocycles. The number of carbonyl (C=O) groups is 2. The topological polar surface area (TPSA) is 76.1 Å². The van der Waals surface area contributed by atoms with Crippen LogP contribution in [-0.4, -0.2) is 11.8 Å². The van der Waals surface area contributed by atoms with Crippen LogP contribution in [0.3, 0.4) is 0 Å². The second-order valence-corrected chi connectivity index (χ2v) is 6.13. The molecule has 118 valence electrons. The van der Waals surface area contributed by atoms with Crippen LogP contribution in [0.4, 0.5) is 5.00 Å². The Hall–Kier alpha value is -1.73. The molecular weight excluding hydrogens is 366 g/mol. The van der Waals surface area contributed by atoms with Gasteiger partial charge in [0.1, 0.15) is 5.00 Å². The van der Waals surface area contributed by atoms with Crippen LogP contribution in [-0.2, 0) is 11.3 Å². The number of rotatable bonds is 5. The van der Waals surface area contributed by atoms with Gasteiger partial charge in [0.25, 0.3) is 5.91 Å². The molecule has 0 aromatic carbocycles. The Morgan fingerprint density at radius 2 is 1.91 bits per heavy atom. The molecule has 0 saturated carbocycles. The Balaban J connectivity index is 0.00000242. The molecule has 5 nitrogen and oxygen atoms in total. The quantitative estimate of drug-likeness (QED) is 0.635. The average molecular weight is 384 g/mol. The fourth-order valence-electron chi connectivity index (χ4n) is 1.89. The average Bonchev–Trinajstić information content (AvgIpc) is 2.79. The van der Waals surface area contributed by atoms with E-state index in [-0.39, 0.29) is 22.9 Å². The van der Waals surface area contributed by atoms with E-state index in [0.29, 0.717) is 23.5 Å². The van der Waals surface area contributed by atoms with Crippen molar-refractivity contribution in [2.75, 3.05) is 5.32 Å². The van der Waals surface area contributed by atoms with Crippen LogP contribution in [0.25, 0.3) is 0 Å². The van der Waals surface area contributed by atoms with E-state index in [1.54, 1.807) is 6.07 Å². The molecule has 0 fully saturated rings. The lowest BCUT2D eigenvalue weighted by Gasteiger charge is -2.03. The van der Waals surface area contributed by atoms with Crippen molar-refractivity contribution in [1.82, 2.24) is 0 Å². The Morgan fingerprint density at radius 1 is 1.27 bits per heavy atom. The number of hydrogen-bond acceptors (Lipinski definition) is 3. The van der Waals surface area contributed by atoms with Gasteiger partial charge in [-0.2, -0.15) is 0 Å². The molecule has 0 aliphatic carbocycles. The summed E-state index contributed by atoms with van der Waals surface area (Å²) in [5.74, 6) is -0.657. The molecule has 2 aromatic heterocycles. The van der Waals surface area contributed by atoms with Gasteiger partial charge in [-0.05, 0) is 25.5 Å². The second-order valence-electron chi connectivity index (χ2n) is 4.88. The zero-order chi connectivity index (χ0) is 15.4. The molecular formula is C15H18BrN3O2S. The van der Waals surface area contributed by atoms with Crippen molar-refractivity contribution >= 4 is 28.2 Å². The summed E-state index contributed by atoms with van der Waals surface area (Å²) in [7, 11) is 0. The number of amides is 2. The van der Waals surface area contributed by atoms with E-state index in [1.165, 1.54) is 16.9 Å². The van der Waals surface area contributed by atoms with Gasteiger partial charge in [0.05, 0.1) is 12.0 Å². The van der Waals surface area contributed by atoms with Crippen LogP contribution >= 0.6 is 11.3 Å². The monoisotopic (exact) mass is 383 g/mol. The number of carbonyl (C=O) groups excluding carboxylic acids is 2. The zero-order valence-corrected chi connectivity index (χ0v) is 14.8. The van der Waals surface area contributed by atoms with Crippen molar-refractivity contribution in [2.24, 2.45) is 5.73 Å². The molecule has 0 unspecified atom stereocenters.